The summed E-state index contributed by atoms with van der Waals surface area (Å²) in [5.74, 6) is -0.574. The fourth-order valence-electron chi connectivity index (χ4n) is 2.79. The van der Waals surface area contributed by atoms with Gasteiger partial charge < -0.3 is 29.3 Å². The summed E-state index contributed by atoms with van der Waals surface area (Å²) in [5, 5.41) is 9.86. The Labute approximate surface area is 249 Å². The number of aromatic nitrogens is 1. The van der Waals surface area contributed by atoms with Crippen LogP contribution in [0.15, 0.2) is 18.2 Å². The van der Waals surface area contributed by atoms with E-state index in [1.54, 1.807) is 18.2 Å². The van der Waals surface area contributed by atoms with Crippen molar-refractivity contribution in [3.8, 4) is 11.5 Å². The van der Waals surface area contributed by atoms with Crippen molar-refractivity contribution in [3.05, 3.63) is 44.7 Å². The molecule has 176 valence electrons. The summed E-state index contributed by atoms with van der Waals surface area (Å²) in [4.78, 5) is 13.8. The first-order chi connectivity index (χ1) is 14.7. The van der Waals surface area contributed by atoms with E-state index in [0.717, 1.165) is 11.8 Å². The summed E-state index contributed by atoms with van der Waals surface area (Å²) >= 11 is 16.5. The van der Waals surface area contributed by atoms with Crippen molar-refractivity contribution in [3.63, 3.8) is 0 Å². The van der Waals surface area contributed by atoms with Gasteiger partial charge in [-0.1, -0.05) is 34.8 Å². The van der Waals surface area contributed by atoms with Crippen LogP contribution in [0.5, 0.6) is 11.5 Å². The summed E-state index contributed by atoms with van der Waals surface area (Å²) in [6.45, 7) is 6.43. The Morgan fingerprint density at radius 2 is 1.88 bits per heavy atom. The zero-order valence-electron chi connectivity index (χ0n) is 18.4. The summed E-state index contributed by atoms with van der Waals surface area (Å²) in [5.41, 5.74) is 5.22. The van der Waals surface area contributed by atoms with Crippen molar-refractivity contribution < 1.29 is 83.4 Å². The number of carboxylic acid groups (broad SMARTS) is 1. The normalized spacial score (nSPS) is 15.9. The molecular weight excluding hydrogens is 546 g/mol. The summed E-state index contributed by atoms with van der Waals surface area (Å²) < 4.78 is 38.5. The number of fused-ring (bicyclic) bond motifs is 1. The Balaban J connectivity index is 0.000000343. The van der Waals surface area contributed by atoms with Crippen molar-refractivity contribution in [1.82, 2.24) is 4.98 Å². The van der Waals surface area contributed by atoms with Gasteiger partial charge in [0.1, 0.15) is 22.2 Å². The molecule has 3 rings (SSSR count). The van der Waals surface area contributed by atoms with E-state index in [9.17, 15) is 18.3 Å². The molecule has 0 aliphatic carbocycles. The number of rotatable bonds is 5. The summed E-state index contributed by atoms with van der Waals surface area (Å²) in [6.07, 6.45) is 0.645. The van der Waals surface area contributed by atoms with E-state index in [1.165, 1.54) is 0 Å². The molecule has 1 aromatic heterocycles. The minimum Gasteiger partial charge on any atom is -0.543 e. The number of hydrogen-bond donors (Lipinski definition) is 1. The molecule has 2 aromatic rings. The number of pyridine rings is 1. The fraction of sp³-hybridized carbons (Fsp3) is 0.368. The predicted octanol–water partition coefficient (Wildman–Crippen LogP) is 0.0491. The fourth-order valence-corrected chi connectivity index (χ4v) is 3.83. The van der Waals surface area contributed by atoms with Crippen LogP contribution in [0.3, 0.4) is 0 Å². The molecule has 1 unspecified atom stereocenters. The first-order valence-electron chi connectivity index (χ1n) is 9.02. The molecular formula is C19H20Cl3KN2O7S. The van der Waals surface area contributed by atoms with Crippen molar-refractivity contribution in [1.29, 1.82) is 0 Å². The minimum atomic E-state index is -3.53. The van der Waals surface area contributed by atoms with Crippen molar-refractivity contribution in [2.75, 3.05) is 18.6 Å². The third kappa shape index (κ3) is 7.57. The number of nitrogen functional groups attached to an aromatic ring is 1. The van der Waals surface area contributed by atoms with E-state index < -0.39 is 21.8 Å². The van der Waals surface area contributed by atoms with Gasteiger partial charge in [0, 0.05) is 12.2 Å². The van der Waals surface area contributed by atoms with Crippen LogP contribution in [0.2, 0.25) is 15.2 Å². The van der Waals surface area contributed by atoms with E-state index in [1.807, 2.05) is 20.8 Å². The topological polar surface area (TPSA) is 141 Å². The number of aromatic carboxylic acids is 1. The van der Waals surface area contributed by atoms with Crippen LogP contribution in [0.4, 0.5) is 5.69 Å². The van der Waals surface area contributed by atoms with Gasteiger partial charge in [0.25, 0.3) is 0 Å². The largest absolute Gasteiger partial charge is 1.00 e. The van der Waals surface area contributed by atoms with E-state index in [0.29, 0.717) is 12.4 Å². The van der Waals surface area contributed by atoms with Gasteiger partial charge in [-0.15, -0.1) is 0 Å². The molecule has 0 bridgehead atoms. The van der Waals surface area contributed by atoms with E-state index >= 15 is 0 Å². The van der Waals surface area contributed by atoms with E-state index in [2.05, 4.69) is 4.98 Å². The molecule has 0 saturated carbocycles. The summed E-state index contributed by atoms with van der Waals surface area (Å²) in [7, 11) is -3.53. The molecule has 14 heteroatoms. The number of nitrogens with zero attached hydrogens (tertiary/aromatic N) is 1. The Morgan fingerprint density at radius 3 is 2.39 bits per heavy atom. The maximum absolute atomic E-state index is 11.2. The molecule has 2 N–H and O–H groups in total. The molecule has 0 amide bonds. The summed E-state index contributed by atoms with van der Waals surface area (Å²) in [6, 6.07) is 4.97. The number of carbonyl (C=O) groups is 1. The molecule has 0 radical (unpaired) electrons. The van der Waals surface area contributed by atoms with Crippen LogP contribution >= 0.6 is 34.8 Å². The third-order valence-electron chi connectivity index (χ3n) is 4.30. The number of ether oxygens (including phenoxy) is 2. The van der Waals surface area contributed by atoms with Crippen LogP contribution in [-0.4, -0.2) is 38.5 Å². The third-order valence-corrected chi connectivity index (χ3v) is 5.93. The average molecular weight is 566 g/mol. The SMILES string of the molecule is CCOC1Oc2ccc(OS(C)(=O)=O)cc2C1(C)C.Nc1c(Cl)c(Cl)nc(C(=O)[O-])c1Cl.[K+]. The smallest absolute Gasteiger partial charge is 0.543 e. The van der Waals surface area contributed by atoms with Crippen molar-refractivity contribution >= 4 is 56.6 Å². The monoisotopic (exact) mass is 564 g/mol. The zero-order chi connectivity index (χ0) is 24.4. The molecule has 1 aromatic carbocycles. The molecule has 0 spiro atoms. The standard InChI is InChI=1S/C13H18O5S.C6H3Cl3N2O2.K/c1-5-16-12-13(2,3)10-8-9(18-19(4,14)15)6-7-11(10)17-12;7-1-3(10)2(8)5(9)11-4(1)6(12)13;/h6-8,12H,5H2,1-4H3;(H2,10,11)(H,12,13);/q;;+1/p-1. The molecule has 1 aliphatic heterocycles. The first kappa shape index (κ1) is 30.7. The van der Waals surface area contributed by atoms with Gasteiger partial charge in [-0.2, -0.15) is 8.42 Å². The molecule has 9 nitrogen and oxygen atoms in total. The van der Waals surface area contributed by atoms with Gasteiger partial charge in [0.15, 0.2) is 5.15 Å². The maximum atomic E-state index is 11.2. The molecule has 0 saturated heterocycles. The van der Waals surface area contributed by atoms with Crippen LogP contribution in [0.25, 0.3) is 0 Å². The van der Waals surface area contributed by atoms with Crippen LogP contribution in [-0.2, 0) is 20.3 Å². The quantitative estimate of drug-likeness (QED) is 0.302. The van der Waals surface area contributed by atoms with E-state index in [4.69, 9.17) is 54.2 Å². The number of benzene rings is 1. The number of carboxylic acids is 1. The number of nitrogens with two attached hydrogens (primary N) is 1. The molecule has 1 atom stereocenters. The predicted molar refractivity (Wildman–Crippen MR) is 119 cm³/mol. The molecule has 0 fully saturated rings. The molecule has 2 heterocycles. The number of halogens is 3. The van der Waals surface area contributed by atoms with Crippen LogP contribution in [0.1, 0.15) is 36.8 Å². The van der Waals surface area contributed by atoms with Gasteiger partial charge in [0.05, 0.1) is 28.4 Å². The number of hydrogen-bond acceptors (Lipinski definition) is 9. The van der Waals surface area contributed by atoms with Crippen LogP contribution in [0, 0.1) is 0 Å². The van der Waals surface area contributed by atoms with Gasteiger partial charge >= 0.3 is 61.5 Å². The van der Waals surface area contributed by atoms with Crippen molar-refractivity contribution in [2.45, 2.75) is 32.5 Å². The Bertz CT molecular complexity index is 1150. The van der Waals surface area contributed by atoms with Gasteiger partial charge in [-0.25, -0.2) is 4.98 Å². The van der Waals surface area contributed by atoms with Gasteiger partial charge in [-0.3, -0.25) is 0 Å². The second kappa shape index (κ2) is 12.1. The number of anilines is 1. The second-order valence-electron chi connectivity index (χ2n) is 7.15. The molecule has 33 heavy (non-hydrogen) atoms. The van der Waals surface area contributed by atoms with E-state index in [-0.39, 0.29) is 89.7 Å². The zero-order valence-corrected chi connectivity index (χ0v) is 24.6. The first-order valence-corrected chi connectivity index (χ1v) is 12.0. The van der Waals surface area contributed by atoms with Crippen molar-refractivity contribution in [2.24, 2.45) is 0 Å². The Morgan fingerprint density at radius 1 is 1.27 bits per heavy atom. The second-order valence-corrected chi connectivity index (χ2v) is 9.84. The maximum Gasteiger partial charge on any atom is 1.00 e. The van der Waals surface area contributed by atoms with Gasteiger partial charge in [-0.05, 0) is 39.0 Å². The minimum absolute atomic E-state index is 0. The van der Waals surface area contributed by atoms with Gasteiger partial charge in [0.2, 0.25) is 6.29 Å². The van der Waals surface area contributed by atoms with Crippen LogP contribution < -0.4 is 71.1 Å². The molecule has 1 aliphatic rings. The number of carbonyl (C=O) groups excluding carboxylic acids is 1. The Kier molecular flexibility index (Phi) is 11.2. The Hall–Kier alpha value is -0.344. The average Bonchev–Trinajstić information content (AvgIpc) is 2.92.